The second-order valence-electron chi connectivity index (χ2n) is 4.69. The predicted molar refractivity (Wildman–Crippen MR) is 66.0 cm³/mol. The number of benzene rings is 1. The molecule has 0 radical (unpaired) electrons. The molecule has 0 bridgehead atoms. The molecule has 1 saturated carbocycles. The third-order valence-corrected chi connectivity index (χ3v) is 3.16. The largest absolute Gasteiger partial charge is 0.504 e. The Morgan fingerprint density at radius 1 is 1.32 bits per heavy atom. The summed E-state index contributed by atoms with van der Waals surface area (Å²) in [6.07, 6.45) is 1.64. The number of aromatic hydroxyl groups is 2. The van der Waals surface area contributed by atoms with Crippen LogP contribution in [0, 0.1) is 5.92 Å². The lowest BCUT2D eigenvalue weighted by Crippen LogP contribution is -2.38. The average Bonchev–Trinajstić information content (AvgIpc) is 3.15. The Bertz CT molecular complexity index is 510. The Labute approximate surface area is 109 Å². The highest BCUT2D eigenvalue weighted by atomic mass is 16.4. The van der Waals surface area contributed by atoms with Gasteiger partial charge in [0.15, 0.2) is 11.5 Å². The molecule has 102 valence electrons. The van der Waals surface area contributed by atoms with Crippen LogP contribution in [0.15, 0.2) is 18.2 Å². The van der Waals surface area contributed by atoms with Gasteiger partial charge in [-0.25, -0.2) is 0 Å². The number of carbonyl (C=O) groups is 2. The van der Waals surface area contributed by atoms with Crippen LogP contribution in [0.4, 0.5) is 0 Å². The average molecular weight is 265 g/mol. The maximum absolute atomic E-state index is 12.0. The fraction of sp³-hybridized carbons (Fsp3) is 0.385. The lowest BCUT2D eigenvalue weighted by Gasteiger charge is -2.16. The molecule has 6 nitrogen and oxygen atoms in total. The first-order chi connectivity index (χ1) is 8.99. The van der Waals surface area contributed by atoms with Crippen LogP contribution in [0.5, 0.6) is 11.5 Å². The number of hydrogen-bond acceptors (Lipinski definition) is 4. The third-order valence-electron chi connectivity index (χ3n) is 3.16. The van der Waals surface area contributed by atoms with E-state index in [0.29, 0.717) is 0 Å². The third kappa shape index (κ3) is 3.15. The van der Waals surface area contributed by atoms with Crippen molar-refractivity contribution in [1.29, 1.82) is 0 Å². The number of para-hydroxylation sites is 1. The summed E-state index contributed by atoms with van der Waals surface area (Å²) in [5.74, 6) is -2.25. The van der Waals surface area contributed by atoms with Crippen molar-refractivity contribution in [3.05, 3.63) is 23.8 Å². The van der Waals surface area contributed by atoms with Gasteiger partial charge in [-0.05, 0) is 30.9 Å². The summed E-state index contributed by atoms with van der Waals surface area (Å²) in [6, 6.07) is 3.64. The molecule has 1 amide bonds. The second-order valence-corrected chi connectivity index (χ2v) is 4.69. The number of carbonyl (C=O) groups excluding carboxylic acids is 1. The molecule has 1 atom stereocenters. The molecular weight excluding hydrogens is 250 g/mol. The van der Waals surface area contributed by atoms with Gasteiger partial charge in [-0.1, -0.05) is 6.07 Å². The molecule has 0 saturated heterocycles. The first kappa shape index (κ1) is 13.2. The van der Waals surface area contributed by atoms with Crippen molar-refractivity contribution < 1.29 is 24.9 Å². The minimum absolute atomic E-state index is 0.0592. The molecule has 0 aliphatic heterocycles. The van der Waals surface area contributed by atoms with E-state index in [4.69, 9.17) is 5.11 Å². The van der Waals surface area contributed by atoms with Crippen molar-refractivity contribution in [2.24, 2.45) is 5.92 Å². The fourth-order valence-electron chi connectivity index (χ4n) is 1.98. The number of aliphatic carboxylic acids is 1. The quantitative estimate of drug-likeness (QED) is 0.596. The summed E-state index contributed by atoms with van der Waals surface area (Å²) in [5.41, 5.74) is -0.0592. The molecule has 19 heavy (non-hydrogen) atoms. The molecule has 1 aliphatic rings. The highest BCUT2D eigenvalue weighted by Crippen LogP contribution is 2.35. The molecule has 1 fully saturated rings. The van der Waals surface area contributed by atoms with Crippen LogP contribution in [0.2, 0.25) is 0 Å². The van der Waals surface area contributed by atoms with E-state index in [2.05, 4.69) is 5.32 Å². The molecule has 0 spiro atoms. The van der Waals surface area contributed by atoms with E-state index in [9.17, 15) is 19.8 Å². The number of nitrogens with one attached hydrogen (secondary N) is 1. The maximum Gasteiger partial charge on any atom is 0.305 e. The van der Waals surface area contributed by atoms with E-state index in [1.165, 1.54) is 18.2 Å². The van der Waals surface area contributed by atoms with E-state index in [1.807, 2.05) is 0 Å². The zero-order valence-electron chi connectivity index (χ0n) is 10.2. The van der Waals surface area contributed by atoms with Gasteiger partial charge in [0.2, 0.25) is 0 Å². The molecule has 1 unspecified atom stereocenters. The molecule has 1 aromatic carbocycles. The Kier molecular flexibility index (Phi) is 3.59. The van der Waals surface area contributed by atoms with E-state index in [1.54, 1.807) is 0 Å². The van der Waals surface area contributed by atoms with Crippen molar-refractivity contribution >= 4 is 11.9 Å². The zero-order chi connectivity index (χ0) is 14.0. The van der Waals surface area contributed by atoms with Crippen LogP contribution < -0.4 is 5.32 Å². The number of phenols is 2. The smallest absolute Gasteiger partial charge is 0.305 e. The van der Waals surface area contributed by atoms with Gasteiger partial charge in [-0.2, -0.15) is 0 Å². The molecule has 0 aromatic heterocycles. The van der Waals surface area contributed by atoms with E-state index < -0.39 is 23.7 Å². The number of rotatable bonds is 5. The summed E-state index contributed by atoms with van der Waals surface area (Å²) in [5, 5.41) is 30.3. The fourth-order valence-corrected chi connectivity index (χ4v) is 1.98. The molecule has 6 heteroatoms. The number of carboxylic acids is 1. The van der Waals surface area contributed by atoms with Gasteiger partial charge in [-0.15, -0.1) is 0 Å². The monoisotopic (exact) mass is 265 g/mol. The zero-order valence-corrected chi connectivity index (χ0v) is 10.2. The molecule has 1 aliphatic carbocycles. The highest BCUT2D eigenvalue weighted by molar-refractivity contribution is 5.98. The number of phenolic OH excluding ortho intramolecular Hbond substituents is 2. The van der Waals surface area contributed by atoms with Crippen molar-refractivity contribution in [2.45, 2.75) is 25.3 Å². The van der Waals surface area contributed by atoms with Gasteiger partial charge in [0.05, 0.1) is 12.0 Å². The Morgan fingerprint density at radius 2 is 2.00 bits per heavy atom. The van der Waals surface area contributed by atoms with Gasteiger partial charge in [0, 0.05) is 6.04 Å². The second kappa shape index (κ2) is 5.17. The minimum Gasteiger partial charge on any atom is -0.504 e. The number of carboxylic acid groups (broad SMARTS) is 1. The highest BCUT2D eigenvalue weighted by Gasteiger charge is 2.34. The Morgan fingerprint density at radius 3 is 2.58 bits per heavy atom. The van der Waals surface area contributed by atoms with Crippen LogP contribution >= 0.6 is 0 Å². The Hall–Kier alpha value is -2.24. The van der Waals surface area contributed by atoms with E-state index >= 15 is 0 Å². The van der Waals surface area contributed by atoms with Gasteiger partial charge < -0.3 is 20.6 Å². The minimum atomic E-state index is -0.975. The normalized spacial score (nSPS) is 15.8. The van der Waals surface area contributed by atoms with Gasteiger partial charge in [0.1, 0.15) is 0 Å². The first-order valence-corrected chi connectivity index (χ1v) is 6.02. The standard InChI is InChI=1S/C13H15NO5/c15-10-3-1-2-8(12(10)18)13(19)14-9(6-11(16)17)7-4-5-7/h1-3,7,9,15,18H,4-6H2,(H,14,19)(H,16,17). The van der Waals surface area contributed by atoms with E-state index in [0.717, 1.165) is 12.8 Å². The summed E-state index contributed by atoms with van der Waals surface area (Å²) in [4.78, 5) is 22.7. The summed E-state index contributed by atoms with van der Waals surface area (Å²) in [7, 11) is 0. The number of hydrogen-bond donors (Lipinski definition) is 4. The molecule has 0 heterocycles. The SMILES string of the molecule is O=C(O)CC(NC(=O)c1cccc(O)c1O)C1CC1. The van der Waals surface area contributed by atoms with Crippen LogP contribution in [-0.4, -0.2) is 33.2 Å². The van der Waals surface area contributed by atoms with Crippen molar-refractivity contribution in [2.75, 3.05) is 0 Å². The molecule has 1 aromatic rings. The molecule has 2 rings (SSSR count). The van der Waals surface area contributed by atoms with Crippen LogP contribution in [0.25, 0.3) is 0 Å². The summed E-state index contributed by atoms with van der Waals surface area (Å²) in [6.45, 7) is 0. The van der Waals surface area contributed by atoms with Gasteiger partial charge in [-0.3, -0.25) is 9.59 Å². The van der Waals surface area contributed by atoms with Crippen LogP contribution in [0.1, 0.15) is 29.6 Å². The van der Waals surface area contributed by atoms with Crippen molar-refractivity contribution in [3.8, 4) is 11.5 Å². The summed E-state index contributed by atoms with van der Waals surface area (Å²) >= 11 is 0. The lowest BCUT2D eigenvalue weighted by atomic mass is 10.1. The lowest BCUT2D eigenvalue weighted by molar-refractivity contribution is -0.137. The topological polar surface area (TPSA) is 107 Å². The predicted octanol–water partition coefficient (Wildman–Crippen LogP) is 1.08. The van der Waals surface area contributed by atoms with Crippen LogP contribution in [0.3, 0.4) is 0 Å². The maximum atomic E-state index is 12.0. The molecule has 4 N–H and O–H groups in total. The van der Waals surface area contributed by atoms with E-state index in [-0.39, 0.29) is 23.7 Å². The van der Waals surface area contributed by atoms with Crippen molar-refractivity contribution in [3.63, 3.8) is 0 Å². The first-order valence-electron chi connectivity index (χ1n) is 6.02. The van der Waals surface area contributed by atoms with Crippen LogP contribution in [-0.2, 0) is 4.79 Å². The van der Waals surface area contributed by atoms with Crippen molar-refractivity contribution in [1.82, 2.24) is 5.32 Å². The van der Waals surface area contributed by atoms with Gasteiger partial charge in [0.25, 0.3) is 5.91 Å². The Balaban J connectivity index is 2.10. The summed E-state index contributed by atoms with van der Waals surface area (Å²) < 4.78 is 0. The number of amides is 1. The molecular formula is C13H15NO5. The van der Waals surface area contributed by atoms with Gasteiger partial charge >= 0.3 is 5.97 Å².